The van der Waals surface area contributed by atoms with E-state index >= 15 is 0 Å². The Morgan fingerprint density at radius 2 is 1.15 bits per heavy atom. The van der Waals surface area contributed by atoms with Crippen molar-refractivity contribution in [2.45, 2.75) is 51.4 Å². The number of carbonyl (C=O) groups is 2. The van der Waals surface area contributed by atoms with Crippen molar-refractivity contribution in [1.29, 1.82) is 0 Å². The minimum Gasteiger partial charge on any atom is -0.504 e. The summed E-state index contributed by atoms with van der Waals surface area (Å²) in [6.07, 6.45) is 6.39. The number of nitrogens with zero attached hydrogens (tertiary/aromatic N) is 1. The Morgan fingerprint density at radius 3 is 1.62 bits per heavy atom. The van der Waals surface area contributed by atoms with E-state index in [2.05, 4.69) is 10.6 Å². The maximum Gasteiger partial charge on any atom is 0.261 e. The maximum absolute atomic E-state index is 12.7. The number of amides is 2. The standard InChI is InChI=1S/C28H42N4O6.2CH4O3S/c29-13-3-18-32(28(38)12-8-22-6-10-24(34)26(36)20-22)17-2-1-14-30-15-4-16-31-27(37)11-7-21-5-9-23(33)25(35)19-21;2*1-5(2,3)4/h5-6,9-10,19-20,30,33-36H,1-4,7-8,11-18,29H2,(H,31,37);2*1H3,(H,2,3,4). The predicted octanol–water partition coefficient (Wildman–Crippen LogP) is 1.14. The predicted molar refractivity (Wildman–Crippen MR) is 181 cm³/mol. The van der Waals surface area contributed by atoms with Crippen molar-refractivity contribution in [2.75, 3.05) is 51.8 Å². The van der Waals surface area contributed by atoms with Gasteiger partial charge in [-0.25, -0.2) is 0 Å². The number of carbonyl (C=O) groups excluding carboxylic acids is 2. The summed E-state index contributed by atoms with van der Waals surface area (Å²) in [5.41, 5.74) is 7.22. The number of aromatic hydroxyl groups is 4. The van der Waals surface area contributed by atoms with Crippen molar-refractivity contribution in [3.63, 3.8) is 0 Å². The third-order valence-electron chi connectivity index (χ3n) is 6.22. The van der Waals surface area contributed by atoms with Crippen LogP contribution >= 0.6 is 0 Å². The average molecular weight is 723 g/mol. The molecule has 10 N–H and O–H groups in total. The second-order valence-corrected chi connectivity index (χ2v) is 13.7. The van der Waals surface area contributed by atoms with E-state index in [0.29, 0.717) is 64.4 Å². The highest BCUT2D eigenvalue weighted by molar-refractivity contribution is 7.85. The molecule has 0 aliphatic carbocycles. The molecule has 0 radical (unpaired) electrons. The first-order chi connectivity index (χ1) is 22.3. The SMILES string of the molecule is CS(=O)(=O)O.CS(=O)(=O)O.NCCCN(CCCCNCCCNC(=O)CCc1ccc(O)c(O)c1)C(=O)CCc1ccc(O)c(O)c1. The van der Waals surface area contributed by atoms with Gasteiger partial charge in [0, 0.05) is 32.5 Å². The van der Waals surface area contributed by atoms with Crippen LogP contribution in [0, 0.1) is 0 Å². The van der Waals surface area contributed by atoms with Crippen LogP contribution in [0.2, 0.25) is 0 Å². The highest BCUT2D eigenvalue weighted by Crippen LogP contribution is 2.26. The van der Waals surface area contributed by atoms with E-state index in [0.717, 1.165) is 49.9 Å². The summed E-state index contributed by atoms with van der Waals surface area (Å²) in [6, 6.07) is 9.17. The molecule has 0 spiro atoms. The molecule has 2 aromatic rings. The molecule has 2 amide bonds. The number of unbranched alkanes of at least 4 members (excludes halogenated alkanes) is 1. The fourth-order valence-corrected chi connectivity index (χ4v) is 3.97. The molecule has 0 atom stereocenters. The van der Waals surface area contributed by atoms with Gasteiger partial charge in [-0.3, -0.25) is 18.7 Å². The van der Waals surface area contributed by atoms with Crippen LogP contribution in [0.1, 0.15) is 49.7 Å². The zero-order valence-electron chi connectivity index (χ0n) is 27.3. The van der Waals surface area contributed by atoms with Crippen molar-refractivity contribution in [3.05, 3.63) is 47.5 Å². The Hall–Kier alpha value is -3.68. The van der Waals surface area contributed by atoms with Gasteiger partial charge in [0.1, 0.15) is 0 Å². The van der Waals surface area contributed by atoms with E-state index in [1.54, 1.807) is 12.1 Å². The van der Waals surface area contributed by atoms with Crippen LogP contribution in [0.5, 0.6) is 23.0 Å². The summed E-state index contributed by atoms with van der Waals surface area (Å²) in [6.45, 7) is 3.99. The molecule has 18 heteroatoms. The maximum atomic E-state index is 12.7. The summed E-state index contributed by atoms with van der Waals surface area (Å²) in [5.74, 6) is -0.715. The molecule has 0 unspecified atom stereocenters. The molecule has 2 aromatic carbocycles. The molecule has 0 saturated carbocycles. The lowest BCUT2D eigenvalue weighted by atomic mass is 10.1. The summed E-state index contributed by atoms with van der Waals surface area (Å²) in [4.78, 5) is 26.6. The molecule has 2 rings (SSSR count). The second-order valence-electron chi connectivity index (χ2n) is 10.8. The molecular formula is C30H50N4O12S2. The lowest BCUT2D eigenvalue weighted by Gasteiger charge is -2.23. The Balaban J connectivity index is 0.00000192. The quantitative estimate of drug-likeness (QED) is 0.0593. The monoisotopic (exact) mass is 722 g/mol. The summed E-state index contributed by atoms with van der Waals surface area (Å²) < 4.78 is 51.7. The lowest BCUT2D eigenvalue weighted by Crippen LogP contribution is -2.34. The number of aryl methyl sites for hydroxylation is 2. The van der Waals surface area contributed by atoms with Crippen molar-refractivity contribution in [1.82, 2.24) is 15.5 Å². The van der Waals surface area contributed by atoms with E-state index < -0.39 is 20.2 Å². The fourth-order valence-electron chi connectivity index (χ4n) is 3.97. The van der Waals surface area contributed by atoms with Gasteiger partial charge in [0.2, 0.25) is 11.8 Å². The Morgan fingerprint density at radius 1 is 0.688 bits per heavy atom. The van der Waals surface area contributed by atoms with Gasteiger partial charge in [0.25, 0.3) is 20.2 Å². The minimum atomic E-state index is -3.67. The fraction of sp³-hybridized carbons (Fsp3) is 0.533. The zero-order chi connectivity index (χ0) is 36.8. The average Bonchev–Trinajstić information content (AvgIpc) is 2.97. The van der Waals surface area contributed by atoms with Crippen LogP contribution in [0.3, 0.4) is 0 Å². The van der Waals surface area contributed by atoms with Gasteiger partial charge in [-0.05, 0) is 93.6 Å². The van der Waals surface area contributed by atoms with Crippen molar-refractivity contribution >= 4 is 32.1 Å². The zero-order valence-corrected chi connectivity index (χ0v) is 29.0. The van der Waals surface area contributed by atoms with Gasteiger partial charge >= 0.3 is 0 Å². The molecule has 0 bridgehead atoms. The number of hydrogen-bond acceptors (Lipinski definition) is 12. The van der Waals surface area contributed by atoms with Gasteiger partial charge in [0.05, 0.1) is 12.5 Å². The number of nitrogens with one attached hydrogen (secondary N) is 2. The van der Waals surface area contributed by atoms with Crippen LogP contribution in [0.4, 0.5) is 0 Å². The molecule has 48 heavy (non-hydrogen) atoms. The van der Waals surface area contributed by atoms with E-state index in [-0.39, 0.29) is 34.8 Å². The molecule has 0 aromatic heterocycles. The molecule has 0 saturated heterocycles. The highest BCUT2D eigenvalue weighted by Gasteiger charge is 2.13. The normalized spacial score (nSPS) is 11.0. The minimum absolute atomic E-state index is 0.0527. The number of benzene rings is 2. The van der Waals surface area contributed by atoms with E-state index in [4.69, 9.17) is 14.8 Å². The molecule has 274 valence electrons. The Labute approximate surface area is 282 Å². The Kier molecular flexibility index (Phi) is 21.8. The highest BCUT2D eigenvalue weighted by atomic mass is 32.2. The van der Waals surface area contributed by atoms with Gasteiger partial charge in [-0.2, -0.15) is 16.8 Å². The first kappa shape index (κ1) is 44.3. The number of nitrogens with two attached hydrogens (primary N) is 1. The van der Waals surface area contributed by atoms with Gasteiger partial charge in [-0.15, -0.1) is 0 Å². The first-order valence-corrected chi connectivity index (χ1v) is 18.8. The van der Waals surface area contributed by atoms with Gasteiger partial charge < -0.3 is 41.7 Å². The second kappa shape index (κ2) is 23.6. The smallest absolute Gasteiger partial charge is 0.261 e. The number of hydrogen-bond donors (Lipinski definition) is 9. The first-order valence-electron chi connectivity index (χ1n) is 15.1. The lowest BCUT2D eigenvalue weighted by molar-refractivity contribution is -0.131. The molecule has 0 aliphatic heterocycles. The number of phenols is 4. The van der Waals surface area contributed by atoms with Gasteiger partial charge in [0.15, 0.2) is 23.0 Å². The number of rotatable bonds is 18. The van der Waals surface area contributed by atoms with Crippen LogP contribution in [-0.2, 0) is 42.7 Å². The van der Waals surface area contributed by atoms with Gasteiger partial charge in [-0.1, -0.05) is 12.1 Å². The van der Waals surface area contributed by atoms with E-state index in [1.807, 2.05) is 4.90 Å². The molecule has 0 fully saturated rings. The van der Waals surface area contributed by atoms with Crippen LogP contribution in [0.15, 0.2) is 36.4 Å². The molecular weight excluding hydrogens is 672 g/mol. The number of phenolic OH excluding ortho intramolecular Hbond substituents is 4. The van der Waals surface area contributed by atoms with Crippen molar-refractivity contribution in [2.24, 2.45) is 5.73 Å². The Bertz CT molecular complexity index is 1430. The molecule has 0 aliphatic rings. The van der Waals surface area contributed by atoms with Crippen LogP contribution < -0.4 is 16.4 Å². The molecule has 16 nitrogen and oxygen atoms in total. The summed E-state index contributed by atoms with van der Waals surface area (Å²) in [5, 5.41) is 44.1. The third-order valence-corrected chi connectivity index (χ3v) is 6.22. The molecule has 0 heterocycles. The summed E-state index contributed by atoms with van der Waals surface area (Å²) in [7, 11) is -7.33. The summed E-state index contributed by atoms with van der Waals surface area (Å²) >= 11 is 0. The van der Waals surface area contributed by atoms with E-state index in [9.17, 15) is 46.9 Å². The topological polar surface area (TPSA) is 277 Å². The van der Waals surface area contributed by atoms with E-state index in [1.165, 1.54) is 24.3 Å². The van der Waals surface area contributed by atoms with Crippen LogP contribution in [0.25, 0.3) is 0 Å². The largest absolute Gasteiger partial charge is 0.504 e. The van der Waals surface area contributed by atoms with Crippen LogP contribution in [-0.4, -0.2) is 115 Å². The third kappa shape index (κ3) is 26.4. The van der Waals surface area contributed by atoms with Crippen molar-refractivity contribution < 1.29 is 56.0 Å². The van der Waals surface area contributed by atoms with Crippen molar-refractivity contribution in [3.8, 4) is 23.0 Å².